The average Bonchev–Trinajstić information content (AvgIpc) is 2.52. The largest absolute Gasteiger partial charge is 0.384 e. The molecular weight excluding hydrogens is 402 g/mol. The van der Waals surface area contributed by atoms with Gasteiger partial charge in [-0.1, -0.05) is 23.2 Å². The van der Waals surface area contributed by atoms with Crippen molar-refractivity contribution in [3.63, 3.8) is 0 Å². The third kappa shape index (κ3) is 4.94. The lowest BCUT2D eigenvalue weighted by atomic mass is 9.80. The molecule has 1 aliphatic rings. The van der Waals surface area contributed by atoms with E-state index in [1.54, 1.807) is 7.11 Å². The quantitative estimate of drug-likeness (QED) is 0.693. The molecule has 0 amide bonds. The molecule has 10 heteroatoms. The maximum Gasteiger partial charge on any atom is 0.242 e. The van der Waals surface area contributed by atoms with Gasteiger partial charge in [0.05, 0.1) is 16.7 Å². The van der Waals surface area contributed by atoms with Crippen molar-refractivity contribution in [3.8, 4) is 0 Å². The van der Waals surface area contributed by atoms with Crippen molar-refractivity contribution in [1.29, 1.82) is 0 Å². The molecule has 0 atom stereocenters. The van der Waals surface area contributed by atoms with Crippen molar-refractivity contribution in [3.05, 3.63) is 28.0 Å². The second-order valence-corrected chi connectivity index (χ2v) is 8.20. The Morgan fingerprint density at radius 3 is 2.54 bits per heavy atom. The molecule has 138 valence electrons. The molecule has 0 bridgehead atoms. The fourth-order valence-electron chi connectivity index (χ4n) is 2.68. The number of piperidine rings is 1. The Bertz CT molecular complexity index is 662. The lowest BCUT2D eigenvalue weighted by Gasteiger charge is -2.37. The van der Waals surface area contributed by atoms with Gasteiger partial charge in [0.15, 0.2) is 5.82 Å². The Kier molecular flexibility index (Phi) is 8.19. The van der Waals surface area contributed by atoms with Crippen molar-refractivity contribution < 1.29 is 17.5 Å². The summed E-state index contributed by atoms with van der Waals surface area (Å²) in [5, 5.41) is 2.51. The van der Waals surface area contributed by atoms with Gasteiger partial charge in [-0.05, 0) is 38.1 Å². The predicted molar refractivity (Wildman–Crippen MR) is 95.3 cm³/mol. The standard InChI is InChI=1S/C14H19Cl2FN2O3S.ClH/c1-22-9-14(4-6-18-7-5-14)8-19-23(20,21)11-3-2-10(15)13(17)12(11)16;/h2-3,18-19H,4-9H2,1H3;1H. The fourth-order valence-corrected chi connectivity index (χ4v) is 4.58. The van der Waals surface area contributed by atoms with Gasteiger partial charge in [0.25, 0.3) is 0 Å². The SMILES string of the molecule is COCC1(CNS(=O)(=O)c2ccc(Cl)c(F)c2Cl)CCNCC1.Cl. The van der Waals surface area contributed by atoms with Gasteiger partial charge < -0.3 is 10.1 Å². The minimum Gasteiger partial charge on any atom is -0.384 e. The molecule has 24 heavy (non-hydrogen) atoms. The first-order valence-corrected chi connectivity index (χ1v) is 9.38. The molecule has 2 rings (SSSR count). The van der Waals surface area contributed by atoms with Gasteiger partial charge in [-0.25, -0.2) is 17.5 Å². The summed E-state index contributed by atoms with van der Waals surface area (Å²) in [5.41, 5.74) is -0.287. The van der Waals surface area contributed by atoms with E-state index < -0.39 is 20.9 Å². The van der Waals surface area contributed by atoms with Crippen LogP contribution in [0.1, 0.15) is 12.8 Å². The molecule has 0 aliphatic carbocycles. The highest BCUT2D eigenvalue weighted by Crippen LogP contribution is 2.31. The second kappa shape index (κ2) is 8.98. The van der Waals surface area contributed by atoms with Gasteiger partial charge in [0.2, 0.25) is 10.0 Å². The van der Waals surface area contributed by atoms with Gasteiger partial charge in [-0.3, -0.25) is 0 Å². The van der Waals surface area contributed by atoms with Crippen LogP contribution in [-0.4, -0.2) is 41.8 Å². The second-order valence-electron chi connectivity index (χ2n) is 5.68. The third-order valence-electron chi connectivity index (χ3n) is 4.04. The summed E-state index contributed by atoms with van der Waals surface area (Å²) in [6.07, 6.45) is 1.57. The zero-order valence-electron chi connectivity index (χ0n) is 13.1. The summed E-state index contributed by atoms with van der Waals surface area (Å²) in [6, 6.07) is 2.37. The van der Waals surface area contributed by atoms with Crippen molar-refractivity contribution >= 4 is 45.6 Å². The number of hydrogen-bond acceptors (Lipinski definition) is 4. The van der Waals surface area contributed by atoms with Crippen LogP contribution < -0.4 is 10.0 Å². The maximum absolute atomic E-state index is 13.7. The molecule has 1 heterocycles. The van der Waals surface area contributed by atoms with Crippen LogP contribution in [0, 0.1) is 11.2 Å². The number of benzene rings is 1. The number of ether oxygens (including phenoxy) is 1. The molecule has 0 saturated carbocycles. The van der Waals surface area contributed by atoms with E-state index in [1.165, 1.54) is 12.1 Å². The molecular formula is C14H20Cl3FN2O3S. The van der Waals surface area contributed by atoms with Crippen LogP contribution in [0.3, 0.4) is 0 Å². The molecule has 1 aromatic carbocycles. The Hall–Kier alpha value is -0.150. The highest BCUT2D eigenvalue weighted by molar-refractivity contribution is 7.89. The first-order valence-electron chi connectivity index (χ1n) is 7.14. The zero-order valence-corrected chi connectivity index (χ0v) is 16.2. The molecule has 5 nitrogen and oxygen atoms in total. The van der Waals surface area contributed by atoms with Crippen LogP contribution in [0.4, 0.5) is 4.39 Å². The molecule has 1 saturated heterocycles. The zero-order chi connectivity index (χ0) is 17.1. The third-order valence-corrected chi connectivity index (χ3v) is 6.26. The Morgan fingerprint density at radius 2 is 1.96 bits per heavy atom. The molecule has 0 radical (unpaired) electrons. The summed E-state index contributed by atoms with van der Waals surface area (Å²) in [6.45, 7) is 2.23. The van der Waals surface area contributed by atoms with Crippen LogP contribution in [0.15, 0.2) is 17.0 Å². The number of hydrogen-bond donors (Lipinski definition) is 2. The van der Waals surface area contributed by atoms with Crippen molar-refractivity contribution in [2.45, 2.75) is 17.7 Å². The molecule has 0 spiro atoms. The Balaban J connectivity index is 0.00000288. The van der Waals surface area contributed by atoms with Gasteiger partial charge in [-0.2, -0.15) is 0 Å². The van der Waals surface area contributed by atoms with Crippen LogP contribution in [-0.2, 0) is 14.8 Å². The molecule has 1 fully saturated rings. The summed E-state index contributed by atoms with van der Waals surface area (Å²) in [7, 11) is -2.36. The Labute approximate surface area is 157 Å². The first-order chi connectivity index (χ1) is 10.8. The van der Waals surface area contributed by atoms with E-state index in [1.807, 2.05) is 0 Å². The van der Waals surface area contributed by atoms with E-state index in [4.69, 9.17) is 27.9 Å². The molecule has 0 aromatic heterocycles. The smallest absolute Gasteiger partial charge is 0.242 e. The van der Waals surface area contributed by atoms with Crippen molar-refractivity contribution in [2.75, 3.05) is 33.4 Å². The first kappa shape index (κ1) is 21.9. The summed E-state index contributed by atoms with van der Waals surface area (Å²) in [5.74, 6) is -0.940. The summed E-state index contributed by atoms with van der Waals surface area (Å²) < 4.78 is 46.4. The van der Waals surface area contributed by atoms with Crippen LogP contribution in [0.5, 0.6) is 0 Å². The number of nitrogens with one attached hydrogen (secondary N) is 2. The molecule has 1 aliphatic heterocycles. The number of halogens is 4. The molecule has 0 unspecified atom stereocenters. The predicted octanol–water partition coefficient (Wildman–Crippen LogP) is 2.85. The number of rotatable bonds is 6. The minimum atomic E-state index is -3.94. The molecule has 2 N–H and O–H groups in total. The Morgan fingerprint density at radius 1 is 1.33 bits per heavy atom. The van der Waals surface area contributed by atoms with Crippen molar-refractivity contribution in [2.24, 2.45) is 5.41 Å². The monoisotopic (exact) mass is 420 g/mol. The van der Waals surface area contributed by atoms with E-state index in [2.05, 4.69) is 10.0 Å². The lowest BCUT2D eigenvalue weighted by molar-refractivity contribution is 0.0577. The van der Waals surface area contributed by atoms with E-state index in [9.17, 15) is 12.8 Å². The van der Waals surface area contributed by atoms with Gasteiger partial charge in [-0.15, -0.1) is 12.4 Å². The highest BCUT2D eigenvalue weighted by atomic mass is 35.5. The summed E-state index contributed by atoms with van der Waals surface area (Å²) in [4.78, 5) is -0.317. The maximum atomic E-state index is 13.7. The van der Waals surface area contributed by atoms with E-state index in [0.29, 0.717) is 6.61 Å². The van der Waals surface area contributed by atoms with Gasteiger partial charge >= 0.3 is 0 Å². The minimum absolute atomic E-state index is 0. The summed E-state index contributed by atoms with van der Waals surface area (Å²) >= 11 is 11.4. The van der Waals surface area contributed by atoms with Crippen LogP contribution in [0.2, 0.25) is 10.0 Å². The van der Waals surface area contributed by atoms with E-state index in [-0.39, 0.29) is 34.3 Å². The number of sulfonamides is 1. The molecule has 1 aromatic rings. The number of methoxy groups -OCH3 is 1. The van der Waals surface area contributed by atoms with E-state index in [0.717, 1.165) is 25.9 Å². The average molecular weight is 422 g/mol. The van der Waals surface area contributed by atoms with Crippen LogP contribution >= 0.6 is 35.6 Å². The highest BCUT2D eigenvalue weighted by Gasteiger charge is 2.34. The van der Waals surface area contributed by atoms with Crippen LogP contribution in [0.25, 0.3) is 0 Å². The van der Waals surface area contributed by atoms with E-state index >= 15 is 0 Å². The topological polar surface area (TPSA) is 67.4 Å². The van der Waals surface area contributed by atoms with Gasteiger partial charge in [0.1, 0.15) is 4.90 Å². The lowest BCUT2D eigenvalue weighted by Crippen LogP contribution is -2.47. The normalized spacial score (nSPS) is 17.3. The fraction of sp³-hybridized carbons (Fsp3) is 0.571. The van der Waals surface area contributed by atoms with Crippen molar-refractivity contribution in [1.82, 2.24) is 10.0 Å². The van der Waals surface area contributed by atoms with Gasteiger partial charge in [0, 0.05) is 19.1 Å².